The van der Waals surface area contributed by atoms with Crippen LogP contribution in [0.2, 0.25) is 0 Å². The average molecular weight is 269 g/mol. The summed E-state index contributed by atoms with van der Waals surface area (Å²) in [6.07, 6.45) is 3.60. The minimum atomic E-state index is -1.02. The molecule has 0 unspecified atom stereocenters. The van der Waals surface area contributed by atoms with Gasteiger partial charge in [-0.1, -0.05) is 25.0 Å². The monoisotopic (exact) mass is 269 g/mol. The Morgan fingerprint density at radius 1 is 1.58 bits per heavy atom. The van der Waals surface area contributed by atoms with Gasteiger partial charge in [0.1, 0.15) is 12.6 Å². The minimum Gasteiger partial charge on any atom is -0.480 e. The molecule has 8 heteroatoms. The molecular formula is C11H19N5O3. The number of hydrogen-bond acceptors (Lipinski definition) is 5. The van der Waals surface area contributed by atoms with Crippen LogP contribution in [0.1, 0.15) is 31.9 Å². The normalized spacial score (nSPS) is 12.1. The number of nitrogens with zero attached hydrogens (tertiary/aromatic N) is 3. The molecule has 1 aromatic heterocycles. The molecule has 1 aromatic rings. The number of nitrogens with two attached hydrogens (primary N) is 1. The molecule has 0 bridgehead atoms. The van der Waals surface area contributed by atoms with Crippen molar-refractivity contribution in [1.82, 2.24) is 20.3 Å². The summed E-state index contributed by atoms with van der Waals surface area (Å²) in [6.45, 7) is 2.14. The number of carbonyl (C=O) groups is 2. The highest BCUT2D eigenvalue weighted by Gasteiger charge is 2.19. The average Bonchev–Trinajstić information content (AvgIpc) is 2.81. The molecule has 0 saturated carbocycles. The van der Waals surface area contributed by atoms with Crippen molar-refractivity contribution in [3.05, 3.63) is 11.9 Å². The van der Waals surface area contributed by atoms with Crippen LogP contribution < -0.4 is 11.1 Å². The number of carboxylic acids is 1. The van der Waals surface area contributed by atoms with E-state index < -0.39 is 17.9 Å². The zero-order valence-electron chi connectivity index (χ0n) is 10.9. The molecule has 8 nitrogen and oxygen atoms in total. The van der Waals surface area contributed by atoms with Crippen LogP contribution in [0.15, 0.2) is 6.20 Å². The number of carboxylic acid groups (broad SMARTS) is 1. The Labute approximate surface area is 111 Å². The lowest BCUT2D eigenvalue weighted by Gasteiger charge is -2.13. The topological polar surface area (TPSA) is 123 Å². The first-order valence-corrected chi connectivity index (χ1v) is 6.18. The maximum atomic E-state index is 11.7. The van der Waals surface area contributed by atoms with E-state index in [9.17, 15) is 9.59 Å². The fraction of sp³-hybridized carbons (Fsp3) is 0.636. The highest BCUT2D eigenvalue weighted by atomic mass is 16.4. The summed E-state index contributed by atoms with van der Waals surface area (Å²) < 4.78 is 1.33. The molecule has 0 spiro atoms. The van der Waals surface area contributed by atoms with Gasteiger partial charge in [-0.05, 0) is 6.42 Å². The smallest absolute Gasteiger partial charge is 0.326 e. The summed E-state index contributed by atoms with van der Waals surface area (Å²) in [5.74, 6) is -1.43. The fourth-order valence-corrected chi connectivity index (χ4v) is 1.56. The molecule has 1 amide bonds. The summed E-state index contributed by atoms with van der Waals surface area (Å²) in [5.41, 5.74) is 5.95. The second-order valence-corrected chi connectivity index (χ2v) is 4.21. The second-order valence-electron chi connectivity index (χ2n) is 4.21. The third-order valence-corrected chi connectivity index (χ3v) is 2.58. The zero-order valence-corrected chi connectivity index (χ0v) is 10.9. The van der Waals surface area contributed by atoms with Crippen molar-refractivity contribution in [3.8, 4) is 0 Å². The van der Waals surface area contributed by atoms with Gasteiger partial charge < -0.3 is 16.2 Å². The number of unbranched alkanes of at least 4 members (excludes halogenated alkanes) is 1. The standard InChI is InChI=1S/C11H19N5O3/c1-2-3-4-9(11(18)19)13-10(17)7-16-6-8(5-12)14-15-16/h6,9H,2-5,7,12H2,1H3,(H,13,17)(H,18,19)/t9-/m0/s1. The van der Waals surface area contributed by atoms with E-state index >= 15 is 0 Å². The van der Waals surface area contributed by atoms with E-state index in [2.05, 4.69) is 15.6 Å². The quantitative estimate of drug-likeness (QED) is 0.584. The molecule has 0 aromatic carbocycles. The van der Waals surface area contributed by atoms with Crippen LogP contribution in [0.4, 0.5) is 0 Å². The van der Waals surface area contributed by atoms with Crippen LogP contribution in [0.5, 0.6) is 0 Å². The molecule has 0 saturated heterocycles. The number of rotatable bonds is 8. The molecule has 1 atom stereocenters. The van der Waals surface area contributed by atoms with Gasteiger partial charge in [0.2, 0.25) is 5.91 Å². The number of nitrogens with one attached hydrogen (secondary N) is 1. The van der Waals surface area contributed by atoms with E-state index in [0.29, 0.717) is 12.1 Å². The summed E-state index contributed by atoms with van der Waals surface area (Å²) in [4.78, 5) is 22.7. The molecule has 1 heterocycles. The van der Waals surface area contributed by atoms with Gasteiger partial charge in [-0.2, -0.15) is 0 Å². The van der Waals surface area contributed by atoms with Crippen LogP contribution in [-0.2, 0) is 22.7 Å². The van der Waals surface area contributed by atoms with Crippen molar-refractivity contribution in [2.45, 2.75) is 45.3 Å². The van der Waals surface area contributed by atoms with Crippen LogP contribution in [0.3, 0.4) is 0 Å². The van der Waals surface area contributed by atoms with Crippen LogP contribution in [0.25, 0.3) is 0 Å². The fourth-order valence-electron chi connectivity index (χ4n) is 1.56. The Bertz CT molecular complexity index is 432. The van der Waals surface area contributed by atoms with Crippen molar-refractivity contribution >= 4 is 11.9 Å². The van der Waals surface area contributed by atoms with Gasteiger partial charge in [0.15, 0.2) is 0 Å². The number of carbonyl (C=O) groups excluding carboxylic acids is 1. The van der Waals surface area contributed by atoms with Crippen molar-refractivity contribution in [3.63, 3.8) is 0 Å². The van der Waals surface area contributed by atoms with Gasteiger partial charge in [-0.15, -0.1) is 5.10 Å². The molecule has 1 rings (SSSR count). The maximum absolute atomic E-state index is 11.7. The largest absolute Gasteiger partial charge is 0.480 e. The van der Waals surface area contributed by atoms with E-state index in [0.717, 1.165) is 12.8 Å². The van der Waals surface area contributed by atoms with Crippen molar-refractivity contribution in [2.75, 3.05) is 0 Å². The third-order valence-electron chi connectivity index (χ3n) is 2.58. The Kier molecular flexibility index (Phi) is 5.94. The van der Waals surface area contributed by atoms with Crippen molar-refractivity contribution in [1.29, 1.82) is 0 Å². The lowest BCUT2D eigenvalue weighted by atomic mass is 10.1. The molecule has 0 aliphatic heterocycles. The SMILES string of the molecule is CCCC[C@H](NC(=O)Cn1cc(CN)nn1)C(=O)O. The Hall–Kier alpha value is -1.96. The van der Waals surface area contributed by atoms with E-state index in [4.69, 9.17) is 10.8 Å². The molecule has 0 aliphatic rings. The second kappa shape index (κ2) is 7.47. The molecule has 106 valence electrons. The lowest BCUT2D eigenvalue weighted by molar-refractivity contribution is -0.142. The van der Waals surface area contributed by atoms with E-state index in [1.165, 1.54) is 4.68 Å². The minimum absolute atomic E-state index is 0.0666. The maximum Gasteiger partial charge on any atom is 0.326 e. The van der Waals surface area contributed by atoms with Gasteiger partial charge >= 0.3 is 5.97 Å². The first kappa shape index (κ1) is 15.1. The van der Waals surface area contributed by atoms with Gasteiger partial charge in [0, 0.05) is 6.54 Å². The first-order chi connectivity index (χ1) is 9.06. The van der Waals surface area contributed by atoms with Crippen LogP contribution in [0, 0.1) is 0 Å². The molecule has 0 radical (unpaired) electrons. The predicted molar refractivity (Wildman–Crippen MR) is 67.0 cm³/mol. The highest BCUT2D eigenvalue weighted by molar-refractivity contribution is 5.83. The first-order valence-electron chi connectivity index (χ1n) is 6.18. The number of hydrogen-bond donors (Lipinski definition) is 3. The molecule has 0 aliphatic carbocycles. The Morgan fingerprint density at radius 2 is 2.32 bits per heavy atom. The van der Waals surface area contributed by atoms with Crippen molar-refractivity contribution in [2.24, 2.45) is 5.73 Å². The van der Waals surface area contributed by atoms with Crippen molar-refractivity contribution < 1.29 is 14.7 Å². The van der Waals surface area contributed by atoms with Gasteiger partial charge in [-0.25, -0.2) is 9.48 Å². The van der Waals surface area contributed by atoms with E-state index in [1.54, 1.807) is 6.20 Å². The molecule has 19 heavy (non-hydrogen) atoms. The molecule has 0 fully saturated rings. The van der Waals surface area contributed by atoms with Crippen LogP contribution in [-0.4, -0.2) is 38.0 Å². The predicted octanol–water partition coefficient (Wildman–Crippen LogP) is -0.504. The number of amides is 1. The Balaban J connectivity index is 2.49. The summed E-state index contributed by atoms with van der Waals surface area (Å²) in [7, 11) is 0. The zero-order chi connectivity index (χ0) is 14.3. The molecule has 4 N–H and O–H groups in total. The molecular weight excluding hydrogens is 250 g/mol. The summed E-state index contributed by atoms with van der Waals surface area (Å²) >= 11 is 0. The van der Waals surface area contributed by atoms with E-state index in [-0.39, 0.29) is 13.1 Å². The van der Waals surface area contributed by atoms with Gasteiger partial charge in [0.25, 0.3) is 0 Å². The van der Waals surface area contributed by atoms with Crippen LogP contribution >= 0.6 is 0 Å². The van der Waals surface area contributed by atoms with Gasteiger partial charge in [0.05, 0.1) is 11.9 Å². The summed E-state index contributed by atoms with van der Waals surface area (Å²) in [6, 6.07) is -0.857. The lowest BCUT2D eigenvalue weighted by Crippen LogP contribution is -2.42. The number of aromatic nitrogens is 3. The van der Waals surface area contributed by atoms with Gasteiger partial charge in [-0.3, -0.25) is 4.79 Å². The summed E-state index contributed by atoms with van der Waals surface area (Å²) in [5, 5.41) is 18.9. The highest BCUT2D eigenvalue weighted by Crippen LogP contribution is 2.01. The third kappa shape index (κ3) is 5.04. The van der Waals surface area contributed by atoms with E-state index in [1.807, 2.05) is 6.92 Å². The Morgan fingerprint density at radius 3 is 2.84 bits per heavy atom. The number of aliphatic carboxylic acids is 1.